The van der Waals surface area contributed by atoms with Crippen LogP contribution >= 0.6 is 0 Å². The molecule has 1 aliphatic carbocycles. The van der Waals surface area contributed by atoms with Crippen LogP contribution in [0.4, 0.5) is 0 Å². The molecule has 0 aromatic heterocycles. The number of rotatable bonds is 9. The minimum Gasteiger partial charge on any atom is -0.372 e. The van der Waals surface area contributed by atoms with Gasteiger partial charge < -0.3 is 5.11 Å². The van der Waals surface area contributed by atoms with E-state index >= 15 is 0 Å². The highest BCUT2D eigenvalue weighted by atomic mass is 32.2. The van der Waals surface area contributed by atoms with Crippen molar-refractivity contribution in [1.29, 1.82) is 0 Å². The third-order valence-corrected chi connectivity index (χ3v) is 8.19. The summed E-state index contributed by atoms with van der Waals surface area (Å²) >= 11 is 0. The molecule has 4 nitrogen and oxygen atoms in total. The molecule has 180 valence electrons. The summed E-state index contributed by atoms with van der Waals surface area (Å²) in [6.45, 7) is 5.78. The van der Waals surface area contributed by atoms with Crippen LogP contribution in [0.1, 0.15) is 29.5 Å². The van der Waals surface area contributed by atoms with Gasteiger partial charge in [-0.15, -0.1) is 6.58 Å². The minimum atomic E-state index is -3.98. The third-order valence-electron chi connectivity index (χ3n) is 6.30. The average Bonchev–Trinajstić information content (AvgIpc) is 3.71. The summed E-state index contributed by atoms with van der Waals surface area (Å²) < 4.78 is 29.4. The van der Waals surface area contributed by atoms with Crippen LogP contribution in [0.15, 0.2) is 102 Å². The molecule has 0 bridgehead atoms. The molecule has 0 saturated heterocycles. The van der Waals surface area contributed by atoms with Crippen molar-refractivity contribution in [3.8, 4) is 11.8 Å². The molecule has 1 fully saturated rings. The van der Waals surface area contributed by atoms with Crippen LogP contribution in [0, 0.1) is 24.7 Å². The fourth-order valence-electron chi connectivity index (χ4n) is 4.14. The second-order valence-corrected chi connectivity index (χ2v) is 10.9. The first-order valence-corrected chi connectivity index (χ1v) is 13.3. The highest BCUT2D eigenvalue weighted by Gasteiger charge is 2.45. The Morgan fingerprint density at radius 2 is 1.63 bits per heavy atom. The molecule has 0 aliphatic heterocycles. The van der Waals surface area contributed by atoms with E-state index < -0.39 is 21.7 Å². The molecule has 4 rings (SSSR count). The predicted molar refractivity (Wildman–Crippen MR) is 140 cm³/mol. The summed E-state index contributed by atoms with van der Waals surface area (Å²) in [6.07, 6.45) is 3.84. The Bertz CT molecular complexity index is 1300. The number of aliphatic hydroxyl groups is 1. The second kappa shape index (κ2) is 10.6. The van der Waals surface area contributed by atoms with Crippen molar-refractivity contribution in [1.82, 2.24) is 4.31 Å². The van der Waals surface area contributed by atoms with Gasteiger partial charge in [0.05, 0.1) is 10.9 Å². The Hall–Kier alpha value is -3.17. The Labute approximate surface area is 209 Å². The largest absolute Gasteiger partial charge is 0.372 e. The predicted octanol–water partition coefficient (Wildman–Crippen LogP) is 5.08. The van der Waals surface area contributed by atoms with Gasteiger partial charge in [0.2, 0.25) is 10.0 Å². The molecule has 2 atom stereocenters. The van der Waals surface area contributed by atoms with Crippen LogP contribution in [-0.2, 0) is 22.0 Å². The van der Waals surface area contributed by atoms with E-state index in [1.807, 2.05) is 67.6 Å². The Kier molecular flexibility index (Phi) is 7.57. The van der Waals surface area contributed by atoms with Crippen LogP contribution in [0.25, 0.3) is 0 Å². The van der Waals surface area contributed by atoms with Crippen molar-refractivity contribution in [2.45, 2.75) is 42.7 Å². The van der Waals surface area contributed by atoms with Crippen molar-refractivity contribution in [2.24, 2.45) is 5.92 Å². The van der Waals surface area contributed by atoms with E-state index in [1.54, 1.807) is 30.3 Å². The molecule has 35 heavy (non-hydrogen) atoms. The van der Waals surface area contributed by atoms with E-state index in [0.29, 0.717) is 5.56 Å². The highest BCUT2D eigenvalue weighted by Crippen LogP contribution is 2.35. The number of hydrogen-bond donors (Lipinski definition) is 1. The lowest BCUT2D eigenvalue weighted by Crippen LogP contribution is -2.53. The normalized spacial score (nSPS) is 16.1. The summed E-state index contributed by atoms with van der Waals surface area (Å²) in [5.74, 6) is 6.58. The van der Waals surface area contributed by atoms with Crippen LogP contribution in [-0.4, -0.2) is 30.4 Å². The lowest BCUT2D eigenvalue weighted by atomic mass is 9.83. The van der Waals surface area contributed by atoms with Gasteiger partial charge >= 0.3 is 0 Å². The topological polar surface area (TPSA) is 57.6 Å². The maximum absolute atomic E-state index is 14.0. The van der Waals surface area contributed by atoms with Gasteiger partial charge in [0.15, 0.2) is 5.60 Å². The zero-order valence-corrected chi connectivity index (χ0v) is 20.8. The van der Waals surface area contributed by atoms with E-state index in [1.165, 1.54) is 4.31 Å². The first-order valence-electron chi connectivity index (χ1n) is 11.9. The summed E-state index contributed by atoms with van der Waals surface area (Å²) in [4.78, 5) is 0.175. The smallest absolute Gasteiger partial charge is 0.243 e. The molecular formula is C30H31NO3S. The van der Waals surface area contributed by atoms with Crippen molar-refractivity contribution in [3.63, 3.8) is 0 Å². The van der Waals surface area contributed by atoms with Crippen LogP contribution < -0.4 is 0 Å². The molecule has 5 heteroatoms. The zero-order valence-electron chi connectivity index (χ0n) is 20.0. The lowest BCUT2D eigenvalue weighted by Gasteiger charge is -2.39. The van der Waals surface area contributed by atoms with Crippen molar-refractivity contribution >= 4 is 10.0 Å². The van der Waals surface area contributed by atoms with E-state index in [4.69, 9.17) is 0 Å². The molecule has 1 saturated carbocycles. The summed E-state index contributed by atoms with van der Waals surface area (Å²) in [5.41, 5.74) is 0.729. The van der Waals surface area contributed by atoms with Gasteiger partial charge in [-0.1, -0.05) is 96.3 Å². The number of benzene rings is 3. The van der Waals surface area contributed by atoms with E-state index in [0.717, 1.165) is 24.0 Å². The number of hydrogen-bond acceptors (Lipinski definition) is 3. The Morgan fingerprint density at radius 1 is 1.03 bits per heavy atom. The quantitative estimate of drug-likeness (QED) is 0.340. The third kappa shape index (κ3) is 5.74. The minimum absolute atomic E-state index is 0.0357. The molecule has 3 aromatic rings. The first kappa shape index (κ1) is 24.9. The average molecular weight is 486 g/mol. The SMILES string of the molecule is C=CCN(C(Cc1ccccc1)C(O)(C#CC1CC1)c1ccccc1)S(=O)(=O)c1ccc(C)cc1. The molecule has 0 heterocycles. The highest BCUT2D eigenvalue weighted by molar-refractivity contribution is 7.89. The van der Waals surface area contributed by atoms with Gasteiger partial charge in [-0.3, -0.25) is 0 Å². The molecule has 1 N–H and O–H groups in total. The van der Waals surface area contributed by atoms with Crippen LogP contribution in [0.2, 0.25) is 0 Å². The molecular weight excluding hydrogens is 454 g/mol. The second-order valence-electron chi connectivity index (χ2n) is 9.06. The number of nitrogens with zero attached hydrogens (tertiary/aromatic N) is 1. The van der Waals surface area contributed by atoms with E-state index in [-0.39, 0.29) is 23.8 Å². The maximum atomic E-state index is 14.0. The van der Waals surface area contributed by atoms with Crippen molar-refractivity contribution < 1.29 is 13.5 Å². The molecule has 0 spiro atoms. The maximum Gasteiger partial charge on any atom is 0.243 e. The van der Waals surface area contributed by atoms with E-state index in [2.05, 4.69) is 18.4 Å². The number of aryl methyl sites for hydroxylation is 1. The number of sulfonamides is 1. The van der Waals surface area contributed by atoms with Crippen LogP contribution in [0.5, 0.6) is 0 Å². The standard InChI is InChI=1S/C30H31NO3S/c1-3-22-31(35(33,34)28-18-14-24(2)15-19-28)29(23-26-10-6-4-7-11-26)30(32,21-20-25-16-17-25)27-12-8-5-9-13-27/h3-15,18-19,25,29,32H,1,16-17,22-23H2,2H3. The molecule has 2 unspecified atom stereocenters. The van der Waals surface area contributed by atoms with Gasteiger partial charge in [0, 0.05) is 12.5 Å². The van der Waals surface area contributed by atoms with Gasteiger partial charge in [-0.25, -0.2) is 8.42 Å². The molecule has 1 aliphatic rings. The molecule has 0 amide bonds. The lowest BCUT2D eigenvalue weighted by molar-refractivity contribution is 0.0263. The van der Waals surface area contributed by atoms with E-state index in [9.17, 15) is 13.5 Å². The van der Waals surface area contributed by atoms with Crippen molar-refractivity contribution in [2.75, 3.05) is 6.54 Å². The molecule has 3 aromatic carbocycles. The monoisotopic (exact) mass is 485 g/mol. The summed E-state index contributed by atoms with van der Waals surface area (Å²) in [7, 11) is -3.98. The van der Waals surface area contributed by atoms with Gasteiger partial charge in [0.25, 0.3) is 0 Å². The van der Waals surface area contributed by atoms with Gasteiger partial charge in [-0.2, -0.15) is 4.31 Å². The zero-order chi connectivity index (χ0) is 24.9. The summed E-state index contributed by atoms with van der Waals surface area (Å²) in [5, 5.41) is 12.3. The van der Waals surface area contributed by atoms with Gasteiger partial charge in [0.1, 0.15) is 0 Å². The Balaban J connectivity index is 1.90. The fraction of sp³-hybridized carbons (Fsp3) is 0.267. The van der Waals surface area contributed by atoms with Gasteiger partial charge in [-0.05, 0) is 49.4 Å². The van der Waals surface area contributed by atoms with Crippen LogP contribution in [0.3, 0.4) is 0 Å². The summed E-state index contributed by atoms with van der Waals surface area (Å²) in [6, 6.07) is 24.7. The molecule has 0 radical (unpaired) electrons. The first-order chi connectivity index (χ1) is 16.8. The Morgan fingerprint density at radius 3 is 2.20 bits per heavy atom. The fourth-order valence-corrected chi connectivity index (χ4v) is 5.76. The van der Waals surface area contributed by atoms with Crippen molar-refractivity contribution in [3.05, 3.63) is 114 Å².